The van der Waals surface area contributed by atoms with E-state index in [1.807, 2.05) is 16.8 Å². The number of carbonyl (C=O) groups excluding carboxylic acids is 1. The van der Waals surface area contributed by atoms with Gasteiger partial charge in [0.05, 0.1) is 35.6 Å². The van der Waals surface area contributed by atoms with E-state index in [1.165, 1.54) is 0 Å². The number of nitrogens with one attached hydrogen (secondary N) is 2. The second-order valence-electron chi connectivity index (χ2n) is 6.51. The molecule has 1 fully saturated rings. The van der Waals surface area contributed by atoms with E-state index in [1.54, 1.807) is 12.4 Å². The molecule has 2 aromatic rings. The number of amides is 1. The van der Waals surface area contributed by atoms with Crippen LogP contribution < -0.4 is 15.5 Å². The van der Waals surface area contributed by atoms with Gasteiger partial charge in [-0.2, -0.15) is 5.10 Å². The Morgan fingerprint density at radius 3 is 3.00 bits per heavy atom. The fourth-order valence-electron chi connectivity index (χ4n) is 3.36. The predicted molar refractivity (Wildman–Crippen MR) is 95.9 cm³/mol. The SMILES string of the molecule is O=C(NC1CCCNC1)c1ccc(N2CCn3ncc(Cl)c3C2)nc1. The predicted octanol–water partition coefficient (Wildman–Crippen LogP) is 1.43. The summed E-state index contributed by atoms with van der Waals surface area (Å²) in [5.74, 6) is 0.784. The molecule has 0 spiro atoms. The van der Waals surface area contributed by atoms with Gasteiger partial charge in [-0.25, -0.2) is 4.98 Å². The van der Waals surface area contributed by atoms with Crippen LogP contribution >= 0.6 is 11.6 Å². The molecule has 2 aliphatic heterocycles. The van der Waals surface area contributed by atoms with Gasteiger partial charge < -0.3 is 15.5 Å². The molecule has 1 unspecified atom stereocenters. The first-order valence-corrected chi connectivity index (χ1v) is 9.01. The van der Waals surface area contributed by atoms with Crippen LogP contribution in [-0.4, -0.2) is 46.3 Å². The van der Waals surface area contributed by atoms with Crippen LogP contribution in [0, 0.1) is 0 Å². The monoisotopic (exact) mass is 360 g/mol. The normalized spacial score (nSPS) is 20.2. The van der Waals surface area contributed by atoms with Crippen molar-refractivity contribution in [2.75, 3.05) is 24.5 Å². The van der Waals surface area contributed by atoms with Crippen LogP contribution in [0.15, 0.2) is 24.5 Å². The number of pyridine rings is 1. The Hall–Kier alpha value is -2.12. The summed E-state index contributed by atoms with van der Waals surface area (Å²) < 4.78 is 1.93. The standard InChI is InChI=1S/C17H21ClN6O/c18-14-10-21-24-7-6-23(11-15(14)24)16-4-3-12(8-20-16)17(25)22-13-2-1-5-19-9-13/h3-4,8,10,13,19H,1-2,5-7,9,11H2,(H,22,25). The number of hydrogen-bond acceptors (Lipinski definition) is 5. The second kappa shape index (κ2) is 7.01. The lowest BCUT2D eigenvalue weighted by atomic mass is 10.1. The van der Waals surface area contributed by atoms with Crippen LogP contribution in [0.1, 0.15) is 28.9 Å². The number of rotatable bonds is 3. The number of anilines is 1. The average Bonchev–Trinajstić information content (AvgIpc) is 3.03. The van der Waals surface area contributed by atoms with E-state index in [9.17, 15) is 4.79 Å². The van der Waals surface area contributed by atoms with Crippen LogP contribution in [0.3, 0.4) is 0 Å². The van der Waals surface area contributed by atoms with Crippen molar-refractivity contribution in [3.05, 3.63) is 40.8 Å². The first-order chi connectivity index (χ1) is 12.2. The van der Waals surface area contributed by atoms with Crippen LogP contribution in [0.2, 0.25) is 5.02 Å². The molecule has 0 saturated carbocycles. The van der Waals surface area contributed by atoms with E-state index >= 15 is 0 Å². The molecule has 0 aliphatic carbocycles. The zero-order chi connectivity index (χ0) is 17.2. The minimum absolute atomic E-state index is 0.0625. The molecule has 8 heteroatoms. The van der Waals surface area contributed by atoms with Gasteiger partial charge in [-0.15, -0.1) is 0 Å². The van der Waals surface area contributed by atoms with E-state index in [-0.39, 0.29) is 11.9 Å². The lowest BCUT2D eigenvalue weighted by Crippen LogP contribution is -2.45. The maximum absolute atomic E-state index is 12.4. The van der Waals surface area contributed by atoms with Crippen molar-refractivity contribution in [1.82, 2.24) is 25.4 Å². The van der Waals surface area contributed by atoms with Gasteiger partial charge in [-0.1, -0.05) is 11.6 Å². The largest absolute Gasteiger partial charge is 0.349 e. The summed E-state index contributed by atoms with van der Waals surface area (Å²) in [6.07, 6.45) is 5.44. The molecule has 0 bridgehead atoms. The minimum atomic E-state index is -0.0625. The number of hydrogen-bond donors (Lipinski definition) is 2. The van der Waals surface area contributed by atoms with Crippen molar-refractivity contribution in [3.8, 4) is 0 Å². The van der Waals surface area contributed by atoms with Gasteiger partial charge in [0.2, 0.25) is 0 Å². The molecule has 0 radical (unpaired) electrons. The Bertz CT molecular complexity index is 753. The van der Waals surface area contributed by atoms with Gasteiger partial charge in [-0.3, -0.25) is 9.48 Å². The fourth-order valence-corrected chi connectivity index (χ4v) is 3.56. The highest BCUT2D eigenvalue weighted by molar-refractivity contribution is 6.31. The maximum atomic E-state index is 12.4. The van der Waals surface area contributed by atoms with Crippen LogP contribution in [0.4, 0.5) is 5.82 Å². The number of fused-ring (bicyclic) bond motifs is 1. The molecular weight excluding hydrogens is 340 g/mol. The molecule has 0 aromatic carbocycles. The van der Waals surface area contributed by atoms with Gasteiger partial charge in [0.1, 0.15) is 5.82 Å². The van der Waals surface area contributed by atoms with Gasteiger partial charge in [0, 0.05) is 25.3 Å². The third kappa shape index (κ3) is 3.48. The summed E-state index contributed by atoms with van der Waals surface area (Å²) in [6.45, 7) is 4.13. The molecule has 7 nitrogen and oxygen atoms in total. The van der Waals surface area contributed by atoms with Crippen molar-refractivity contribution in [3.63, 3.8) is 0 Å². The van der Waals surface area contributed by atoms with Gasteiger partial charge in [0.25, 0.3) is 5.91 Å². The fraction of sp³-hybridized carbons (Fsp3) is 0.471. The zero-order valence-electron chi connectivity index (χ0n) is 13.9. The van der Waals surface area contributed by atoms with Crippen molar-refractivity contribution in [1.29, 1.82) is 0 Å². The Balaban J connectivity index is 1.42. The summed E-state index contributed by atoms with van der Waals surface area (Å²) in [5, 5.41) is 11.3. The molecule has 1 saturated heterocycles. The number of nitrogens with zero attached hydrogens (tertiary/aromatic N) is 4. The summed E-state index contributed by atoms with van der Waals surface area (Å²) in [7, 11) is 0. The van der Waals surface area contributed by atoms with Crippen molar-refractivity contribution in [2.24, 2.45) is 0 Å². The van der Waals surface area contributed by atoms with Crippen molar-refractivity contribution < 1.29 is 4.79 Å². The lowest BCUT2D eigenvalue weighted by Gasteiger charge is -2.29. The molecule has 4 rings (SSSR count). The summed E-state index contributed by atoms with van der Waals surface area (Å²) in [6, 6.07) is 3.93. The van der Waals surface area contributed by atoms with E-state index in [0.717, 1.165) is 50.5 Å². The quantitative estimate of drug-likeness (QED) is 0.866. The molecule has 132 valence electrons. The highest BCUT2D eigenvalue weighted by Gasteiger charge is 2.21. The highest BCUT2D eigenvalue weighted by atomic mass is 35.5. The highest BCUT2D eigenvalue weighted by Crippen LogP contribution is 2.24. The van der Waals surface area contributed by atoms with Gasteiger partial charge in [0.15, 0.2) is 0 Å². The third-order valence-corrected chi connectivity index (χ3v) is 5.10. The van der Waals surface area contributed by atoms with Crippen molar-refractivity contribution >= 4 is 23.3 Å². The molecule has 1 amide bonds. The first kappa shape index (κ1) is 16.4. The number of aromatic nitrogens is 3. The minimum Gasteiger partial charge on any atom is -0.349 e. The van der Waals surface area contributed by atoms with Crippen molar-refractivity contribution in [2.45, 2.75) is 32.0 Å². The molecule has 4 heterocycles. The topological polar surface area (TPSA) is 75.1 Å². The first-order valence-electron chi connectivity index (χ1n) is 8.63. The number of carbonyl (C=O) groups is 1. The average molecular weight is 361 g/mol. The molecule has 2 aromatic heterocycles. The molecule has 25 heavy (non-hydrogen) atoms. The van der Waals surface area contributed by atoms with E-state index in [2.05, 4.69) is 25.6 Å². The Labute approximate surface area is 151 Å². The van der Waals surface area contributed by atoms with Crippen LogP contribution in [0.5, 0.6) is 0 Å². The summed E-state index contributed by atoms with van der Waals surface area (Å²) in [4.78, 5) is 19.0. The number of halogens is 1. The lowest BCUT2D eigenvalue weighted by molar-refractivity contribution is 0.0930. The van der Waals surface area contributed by atoms with E-state index in [4.69, 9.17) is 11.6 Å². The molecule has 2 N–H and O–H groups in total. The molecular formula is C17H21ClN6O. The Morgan fingerprint density at radius 1 is 1.32 bits per heavy atom. The van der Waals surface area contributed by atoms with Gasteiger partial charge >= 0.3 is 0 Å². The zero-order valence-corrected chi connectivity index (χ0v) is 14.7. The van der Waals surface area contributed by atoms with E-state index < -0.39 is 0 Å². The smallest absolute Gasteiger partial charge is 0.253 e. The van der Waals surface area contributed by atoms with Crippen LogP contribution in [0.25, 0.3) is 0 Å². The van der Waals surface area contributed by atoms with E-state index in [0.29, 0.717) is 17.1 Å². The maximum Gasteiger partial charge on any atom is 0.253 e. The molecule has 2 aliphatic rings. The second-order valence-corrected chi connectivity index (χ2v) is 6.91. The summed E-state index contributed by atoms with van der Waals surface area (Å²) in [5.41, 5.74) is 1.59. The molecule has 1 atom stereocenters. The third-order valence-electron chi connectivity index (χ3n) is 4.79. The van der Waals surface area contributed by atoms with Crippen LogP contribution in [-0.2, 0) is 13.1 Å². The number of piperidine rings is 1. The summed E-state index contributed by atoms with van der Waals surface area (Å²) >= 11 is 6.18. The Kier molecular flexibility index (Phi) is 4.59. The Morgan fingerprint density at radius 2 is 2.24 bits per heavy atom. The van der Waals surface area contributed by atoms with Gasteiger partial charge in [-0.05, 0) is 31.5 Å².